The van der Waals surface area contributed by atoms with Crippen LogP contribution in [0.5, 0.6) is 0 Å². The van der Waals surface area contributed by atoms with Crippen molar-refractivity contribution in [2.24, 2.45) is 0 Å². The van der Waals surface area contributed by atoms with Crippen molar-refractivity contribution in [3.8, 4) is 0 Å². The number of hydrogen-bond acceptors (Lipinski definition) is 3. The number of aromatic nitrogens is 2. The molecule has 1 aromatic heterocycles. The largest absolute Gasteiger partial charge is 0.336 e. The third-order valence-electron chi connectivity index (χ3n) is 2.65. The van der Waals surface area contributed by atoms with E-state index in [-0.39, 0.29) is 0 Å². The van der Waals surface area contributed by atoms with Gasteiger partial charge in [0.1, 0.15) is 5.78 Å². The number of carbonyl (C=O) groups excluding carboxylic acids is 1. The molecule has 1 fully saturated rings. The molecule has 0 atom stereocenters. The van der Waals surface area contributed by atoms with Crippen LogP contribution in [0.25, 0.3) is 0 Å². The van der Waals surface area contributed by atoms with Gasteiger partial charge in [-0.05, 0) is 0 Å². The highest BCUT2D eigenvalue weighted by molar-refractivity contribution is 5.79. The quantitative estimate of drug-likeness (QED) is 0.703. The Balaban J connectivity index is 1.73. The smallest absolute Gasteiger partial charge is 0.135 e. The number of piperidine rings is 1. The summed E-state index contributed by atoms with van der Waals surface area (Å²) in [5.41, 5.74) is 0. The first-order valence-electron chi connectivity index (χ1n) is 5.04. The van der Waals surface area contributed by atoms with Gasteiger partial charge in [0.2, 0.25) is 0 Å². The average Bonchev–Trinajstić information content (AvgIpc) is 2.70. The van der Waals surface area contributed by atoms with E-state index < -0.39 is 0 Å². The maximum absolute atomic E-state index is 11.0. The third-order valence-corrected chi connectivity index (χ3v) is 2.65. The van der Waals surface area contributed by atoms with Crippen molar-refractivity contribution in [2.45, 2.75) is 19.4 Å². The molecule has 0 saturated carbocycles. The van der Waals surface area contributed by atoms with Gasteiger partial charge in [-0.15, -0.1) is 0 Å². The summed E-state index contributed by atoms with van der Waals surface area (Å²) < 4.78 is 2.07. The van der Waals surface area contributed by atoms with Crippen molar-refractivity contribution in [3.63, 3.8) is 0 Å². The predicted molar refractivity (Wildman–Crippen MR) is 52.9 cm³/mol. The molecule has 0 bridgehead atoms. The van der Waals surface area contributed by atoms with Gasteiger partial charge in [-0.1, -0.05) is 0 Å². The summed E-state index contributed by atoms with van der Waals surface area (Å²) in [7, 11) is 0. The minimum atomic E-state index is 0.406. The normalized spacial score (nSPS) is 18.7. The molecule has 76 valence electrons. The van der Waals surface area contributed by atoms with Gasteiger partial charge in [0.05, 0.1) is 6.33 Å². The molecule has 1 aliphatic rings. The Morgan fingerprint density at radius 3 is 2.71 bits per heavy atom. The Hall–Kier alpha value is -1.16. The molecule has 0 spiro atoms. The molecule has 0 aromatic carbocycles. The van der Waals surface area contributed by atoms with Crippen molar-refractivity contribution >= 4 is 5.78 Å². The maximum atomic E-state index is 11.0. The first-order valence-corrected chi connectivity index (χ1v) is 5.04. The predicted octanol–water partition coefficient (Wildman–Crippen LogP) is 0.548. The van der Waals surface area contributed by atoms with E-state index in [2.05, 4.69) is 14.5 Å². The van der Waals surface area contributed by atoms with Crippen molar-refractivity contribution in [3.05, 3.63) is 18.7 Å². The average molecular weight is 193 g/mol. The van der Waals surface area contributed by atoms with Crippen LogP contribution in [0.4, 0.5) is 0 Å². The van der Waals surface area contributed by atoms with Crippen molar-refractivity contribution in [1.82, 2.24) is 14.5 Å². The van der Waals surface area contributed by atoms with E-state index in [1.54, 1.807) is 6.20 Å². The second kappa shape index (κ2) is 4.37. The summed E-state index contributed by atoms with van der Waals surface area (Å²) in [6, 6.07) is 0. The van der Waals surface area contributed by atoms with Gasteiger partial charge < -0.3 is 9.47 Å². The topological polar surface area (TPSA) is 38.1 Å². The van der Waals surface area contributed by atoms with E-state index in [4.69, 9.17) is 0 Å². The first-order chi connectivity index (χ1) is 6.84. The van der Waals surface area contributed by atoms with Gasteiger partial charge in [0, 0.05) is 51.4 Å². The Bertz CT molecular complexity index is 284. The van der Waals surface area contributed by atoms with E-state index in [1.165, 1.54) is 0 Å². The zero-order chi connectivity index (χ0) is 9.80. The molecule has 4 heteroatoms. The molecule has 0 radical (unpaired) electrons. The van der Waals surface area contributed by atoms with Gasteiger partial charge in [0.15, 0.2) is 0 Å². The fraction of sp³-hybridized carbons (Fsp3) is 0.600. The lowest BCUT2D eigenvalue weighted by atomic mass is 10.1. The molecular formula is C10H15N3O. The summed E-state index contributed by atoms with van der Waals surface area (Å²) in [4.78, 5) is 17.3. The number of hydrogen-bond donors (Lipinski definition) is 0. The fourth-order valence-corrected chi connectivity index (χ4v) is 1.70. The Morgan fingerprint density at radius 2 is 2.07 bits per heavy atom. The Labute approximate surface area is 83.5 Å². The highest BCUT2D eigenvalue weighted by Crippen LogP contribution is 2.05. The first kappa shape index (κ1) is 9.40. The van der Waals surface area contributed by atoms with E-state index in [0.717, 1.165) is 39.0 Å². The Kier molecular flexibility index (Phi) is 2.93. The highest BCUT2D eigenvalue weighted by atomic mass is 16.1. The summed E-state index contributed by atoms with van der Waals surface area (Å²) in [6.45, 7) is 3.83. The molecule has 14 heavy (non-hydrogen) atoms. The van der Waals surface area contributed by atoms with E-state index in [0.29, 0.717) is 5.78 Å². The molecule has 1 aliphatic heterocycles. The molecule has 2 heterocycles. The fourth-order valence-electron chi connectivity index (χ4n) is 1.70. The zero-order valence-corrected chi connectivity index (χ0v) is 8.22. The van der Waals surface area contributed by atoms with Crippen LogP contribution < -0.4 is 0 Å². The molecule has 0 N–H and O–H groups in total. The zero-order valence-electron chi connectivity index (χ0n) is 8.22. The number of Topliss-reactive ketones (excluding diaryl/α,β-unsaturated/α-hetero) is 1. The van der Waals surface area contributed by atoms with Crippen LogP contribution >= 0.6 is 0 Å². The molecule has 1 saturated heterocycles. The molecule has 1 aromatic rings. The summed E-state index contributed by atoms with van der Waals surface area (Å²) in [6.07, 6.45) is 7.04. The van der Waals surface area contributed by atoms with Crippen LogP contribution in [0.2, 0.25) is 0 Å². The van der Waals surface area contributed by atoms with Crippen LogP contribution in [0.15, 0.2) is 18.7 Å². The molecule has 0 aliphatic carbocycles. The van der Waals surface area contributed by atoms with Crippen LogP contribution in [0.1, 0.15) is 12.8 Å². The standard InChI is InChI=1S/C10H15N3O/c14-10-1-4-12(5-2-10)7-8-13-6-3-11-9-13/h3,6,9H,1-2,4-5,7-8H2. The van der Waals surface area contributed by atoms with Gasteiger partial charge in [0.25, 0.3) is 0 Å². The number of carbonyl (C=O) groups is 1. The lowest BCUT2D eigenvalue weighted by Crippen LogP contribution is -2.35. The van der Waals surface area contributed by atoms with Gasteiger partial charge in [-0.3, -0.25) is 4.79 Å². The molecular weight excluding hydrogens is 178 g/mol. The van der Waals surface area contributed by atoms with E-state index in [9.17, 15) is 4.79 Å². The van der Waals surface area contributed by atoms with Gasteiger partial charge in [-0.25, -0.2) is 4.98 Å². The van der Waals surface area contributed by atoms with Crippen LogP contribution in [-0.2, 0) is 11.3 Å². The highest BCUT2D eigenvalue weighted by Gasteiger charge is 2.15. The van der Waals surface area contributed by atoms with E-state index >= 15 is 0 Å². The van der Waals surface area contributed by atoms with Crippen molar-refractivity contribution < 1.29 is 4.79 Å². The third kappa shape index (κ3) is 2.42. The maximum Gasteiger partial charge on any atom is 0.135 e. The molecule has 2 rings (SSSR count). The number of imidazole rings is 1. The van der Waals surface area contributed by atoms with Crippen LogP contribution in [0, 0.1) is 0 Å². The monoisotopic (exact) mass is 193 g/mol. The van der Waals surface area contributed by atoms with Crippen LogP contribution in [-0.4, -0.2) is 39.9 Å². The number of rotatable bonds is 3. The van der Waals surface area contributed by atoms with Gasteiger partial charge in [-0.2, -0.15) is 0 Å². The number of nitrogens with zero attached hydrogens (tertiary/aromatic N) is 3. The van der Waals surface area contributed by atoms with Gasteiger partial charge >= 0.3 is 0 Å². The SMILES string of the molecule is O=C1CCN(CCn2ccnc2)CC1. The summed E-state index contributed by atoms with van der Waals surface area (Å²) >= 11 is 0. The summed E-state index contributed by atoms with van der Waals surface area (Å²) in [5.74, 6) is 0.406. The van der Waals surface area contributed by atoms with Crippen molar-refractivity contribution in [1.29, 1.82) is 0 Å². The second-order valence-electron chi connectivity index (χ2n) is 3.68. The van der Waals surface area contributed by atoms with Crippen molar-refractivity contribution in [2.75, 3.05) is 19.6 Å². The molecule has 0 amide bonds. The molecule has 4 nitrogen and oxygen atoms in total. The molecule has 0 unspecified atom stereocenters. The summed E-state index contributed by atoms with van der Waals surface area (Å²) in [5, 5.41) is 0. The van der Waals surface area contributed by atoms with Crippen LogP contribution in [0.3, 0.4) is 0 Å². The number of likely N-dealkylation sites (tertiary alicyclic amines) is 1. The lowest BCUT2D eigenvalue weighted by Gasteiger charge is -2.25. The second-order valence-corrected chi connectivity index (χ2v) is 3.68. The minimum Gasteiger partial charge on any atom is -0.336 e. The lowest BCUT2D eigenvalue weighted by molar-refractivity contribution is -0.121. The van der Waals surface area contributed by atoms with E-state index in [1.807, 2.05) is 12.5 Å². The Morgan fingerprint density at radius 1 is 1.29 bits per heavy atom. The number of ketones is 1. The minimum absolute atomic E-state index is 0.406.